The molecule has 19 heavy (non-hydrogen) atoms. The topological polar surface area (TPSA) is 73.7 Å². The van der Waals surface area contributed by atoms with Gasteiger partial charge >= 0.3 is 5.97 Å². The van der Waals surface area contributed by atoms with Gasteiger partial charge in [0, 0.05) is 20.1 Å². The average Bonchev–Trinajstić information content (AvgIpc) is 2.92. The zero-order valence-electron chi connectivity index (χ0n) is 10.9. The van der Waals surface area contributed by atoms with Gasteiger partial charge in [-0.05, 0) is 25.0 Å². The van der Waals surface area contributed by atoms with Gasteiger partial charge in [-0.3, -0.25) is 4.79 Å². The van der Waals surface area contributed by atoms with Gasteiger partial charge in [0.05, 0.1) is 6.54 Å². The van der Waals surface area contributed by atoms with Crippen molar-refractivity contribution >= 4 is 17.7 Å². The Kier molecular flexibility index (Phi) is 3.99. The molecule has 1 N–H and O–H groups in total. The minimum atomic E-state index is -1.07. The lowest BCUT2D eigenvalue weighted by Gasteiger charge is -2.22. The number of nitrogens with zero attached hydrogens (tertiary/aromatic N) is 3. The highest BCUT2D eigenvalue weighted by molar-refractivity contribution is 5.86. The number of likely N-dealkylation sites (N-methyl/N-ethyl adjacent to an activating group) is 1. The third kappa shape index (κ3) is 3.21. The number of aromatic carboxylic acids is 1. The molecule has 0 aromatic carbocycles. The van der Waals surface area contributed by atoms with Gasteiger partial charge in [-0.15, -0.1) is 0 Å². The lowest BCUT2D eigenvalue weighted by atomic mass is 10.3. The molecule has 1 saturated heterocycles. The minimum absolute atomic E-state index is 0.0158. The third-order valence-electron chi connectivity index (χ3n) is 3.18. The molecular weight excluding hydrogens is 246 g/mol. The quantitative estimate of drug-likeness (QED) is 0.871. The molecule has 1 amide bonds. The normalized spacial score (nSPS) is 14.5. The van der Waals surface area contributed by atoms with Gasteiger partial charge in [0.25, 0.3) is 0 Å². The summed E-state index contributed by atoms with van der Waals surface area (Å²) in [5.41, 5.74) is -0.0158. The first kappa shape index (κ1) is 13.3. The van der Waals surface area contributed by atoms with Crippen molar-refractivity contribution in [3.05, 3.63) is 23.9 Å². The van der Waals surface area contributed by atoms with Crippen LogP contribution < -0.4 is 4.90 Å². The number of carboxylic acids is 1. The fourth-order valence-corrected chi connectivity index (χ4v) is 2.11. The molecule has 0 saturated carbocycles. The zero-order chi connectivity index (χ0) is 13.8. The van der Waals surface area contributed by atoms with E-state index in [0.29, 0.717) is 5.82 Å². The van der Waals surface area contributed by atoms with Gasteiger partial charge in [0.1, 0.15) is 5.82 Å². The van der Waals surface area contributed by atoms with E-state index in [9.17, 15) is 9.59 Å². The average molecular weight is 263 g/mol. The van der Waals surface area contributed by atoms with Crippen molar-refractivity contribution in [2.24, 2.45) is 0 Å². The Morgan fingerprint density at radius 1 is 1.37 bits per heavy atom. The number of aromatic nitrogens is 1. The number of anilines is 1. The maximum atomic E-state index is 12.0. The minimum Gasteiger partial charge on any atom is -0.477 e. The van der Waals surface area contributed by atoms with E-state index in [1.807, 2.05) is 4.90 Å². The van der Waals surface area contributed by atoms with Gasteiger partial charge < -0.3 is 14.9 Å². The number of hydrogen-bond donors (Lipinski definition) is 1. The van der Waals surface area contributed by atoms with E-state index >= 15 is 0 Å². The molecule has 6 heteroatoms. The van der Waals surface area contributed by atoms with E-state index in [-0.39, 0.29) is 18.1 Å². The molecule has 0 atom stereocenters. The van der Waals surface area contributed by atoms with E-state index in [0.717, 1.165) is 25.9 Å². The molecule has 0 bridgehead atoms. The molecule has 102 valence electrons. The van der Waals surface area contributed by atoms with Gasteiger partial charge in [0.2, 0.25) is 5.91 Å². The fraction of sp³-hybridized carbons (Fsp3) is 0.462. The maximum absolute atomic E-state index is 12.0. The molecule has 1 aromatic heterocycles. The van der Waals surface area contributed by atoms with Crippen LogP contribution in [-0.2, 0) is 4.79 Å². The lowest BCUT2D eigenvalue weighted by Crippen LogP contribution is -2.37. The first-order chi connectivity index (χ1) is 9.08. The maximum Gasteiger partial charge on any atom is 0.354 e. The van der Waals surface area contributed by atoms with Crippen LogP contribution in [0.3, 0.4) is 0 Å². The summed E-state index contributed by atoms with van der Waals surface area (Å²) in [4.78, 5) is 30.4. The Labute approximate surface area is 111 Å². The fourth-order valence-electron chi connectivity index (χ4n) is 2.11. The summed E-state index contributed by atoms with van der Waals surface area (Å²) in [6, 6.07) is 4.76. The van der Waals surface area contributed by atoms with Crippen molar-refractivity contribution in [3.63, 3.8) is 0 Å². The van der Waals surface area contributed by atoms with Crippen molar-refractivity contribution in [1.82, 2.24) is 9.88 Å². The number of carbonyl (C=O) groups excluding carboxylic acids is 1. The number of carbonyl (C=O) groups is 2. The van der Waals surface area contributed by atoms with Crippen molar-refractivity contribution in [2.45, 2.75) is 12.8 Å². The summed E-state index contributed by atoms with van der Waals surface area (Å²) >= 11 is 0. The second-order valence-electron chi connectivity index (χ2n) is 4.63. The van der Waals surface area contributed by atoms with E-state index in [1.54, 1.807) is 24.1 Å². The van der Waals surface area contributed by atoms with E-state index in [1.165, 1.54) is 6.07 Å². The zero-order valence-corrected chi connectivity index (χ0v) is 10.9. The van der Waals surface area contributed by atoms with Crippen LogP contribution in [0.15, 0.2) is 18.2 Å². The lowest BCUT2D eigenvalue weighted by molar-refractivity contribution is -0.128. The van der Waals surface area contributed by atoms with Crippen LogP contribution in [0.2, 0.25) is 0 Å². The molecule has 0 aliphatic carbocycles. The van der Waals surface area contributed by atoms with Crippen LogP contribution in [0.1, 0.15) is 23.3 Å². The SMILES string of the molecule is CN(CC(=O)N1CCCC1)c1cccc(C(=O)O)n1. The smallest absolute Gasteiger partial charge is 0.354 e. The molecular formula is C13H17N3O3. The molecule has 1 fully saturated rings. The first-order valence-corrected chi connectivity index (χ1v) is 6.27. The van der Waals surface area contributed by atoms with Crippen LogP contribution >= 0.6 is 0 Å². The Morgan fingerprint density at radius 2 is 2.05 bits per heavy atom. The van der Waals surface area contributed by atoms with Crippen molar-refractivity contribution in [1.29, 1.82) is 0 Å². The molecule has 6 nitrogen and oxygen atoms in total. The number of hydrogen-bond acceptors (Lipinski definition) is 4. The Bertz CT molecular complexity index is 484. The van der Waals surface area contributed by atoms with Gasteiger partial charge in [-0.25, -0.2) is 9.78 Å². The molecule has 0 radical (unpaired) electrons. The molecule has 0 unspecified atom stereocenters. The summed E-state index contributed by atoms with van der Waals surface area (Å²) < 4.78 is 0. The van der Waals surface area contributed by atoms with E-state index < -0.39 is 5.97 Å². The van der Waals surface area contributed by atoms with Crippen molar-refractivity contribution in [2.75, 3.05) is 31.6 Å². The largest absolute Gasteiger partial charge is 0.477 e. The van der Waals surface area contributed by atoms with Crippen LogP contribution in [0.4, 0.5) is 5.82 Å². The highest BCUT2D eigenvalue weighted by atomic mass is 16.4. The van der Waals surface area contributed by atoms with Gasteiger partial charge in [0.15, 0.2) is 5.69 Å². The van der Waals surface area contributed by atoms with Crippen LogP contribution in [0.25, 0.3) is 0 Å². The third-order valence-corrected chi connectivity index (χ3v) is 3.18. The summed E-state index contributed by atoms with van der Waals surface area (Å²) in [6.07, 6.45) is 2.12. The molecule has 2 rings (SSSR count). The summed E-state index contributed by atoms with van der Waals surface area (Å²) in [6.45, 7) is 1.85. The Morgan fingerprint density at radius 3 is 2.68 bits per heavy atom. The number of pyridine rings is 1. The van der Waals surface area contributed by atoms with Crippen molar-refractivity contribution in [3.8, 4) is 0 Å². The number of amides is 1. The molecule has 1 aliphatic heterocycles. The highest BCUT2D eigenvalue weighted by Gasteiger charge is 2.19. The second-order valence-corrected chi connectivity index (χ2v) is 4.63. The second kappa shape index (κ2) is 5.69. The molecule has 1 aliphatic rings. The van der Waals surface area contributed by atoms with Crippen LogP contribution in [-0.4, -0.2) is 53.5 Å². The van der Waals surface area contributed by atoms with Gasteiger partial charge in [-0.1, -0.05) is 6.07 Å². The molecule has 0 spiro atoms. The standard InChI is InChI=1S/C13H17N3O3/c1-15(9-12(17)16-7-2-3-8-16)11-6-4-5-10(14-11)13(18)19/h4-6H,2-3,7-9H2,1H3,(H,18,19). The number of rotatable bonds is 4. The van der Waals surface area contributed by atoms with Crippen molar-refractivity contribution < 1.29 is 14.7 Å². The predicted molar refractivity (Wildman–Crippen MR) is 70.3 cm³/mol. The molecule has 1 aromatic rings. The summed E-state index contributed by atoms with van der Waals surface area (Å²) in [5, 5.41) is 8.89. The van der Waals surface area contributed by atoms with Crippen LogP contribution in [0, 0.1) is 0 Å². The van der Waals surface area contributed by atoms with E-state index in [2.05, 4.69) is 4.98 Å². The highest BCUT2D eigenvalue weighted by Crippen LogP contribution is 2.12. The summed E-state index contributed by atoms with van der Waals surface area (Å²) in [7, 11) is 1.74. The van der Waals surface area contributed by atoms with E-state index in [4.69, 9.17) is 5.11 Å². The monoisotopic (exact) mass is 263 g/mol. The Balaban J connectivity index is 2.02. The summed E-state index contributed by atoms with van der Waals surface area (Å²) in [5.74, 6) is -0.518. The predicted octanol–water partition coefficient (Wildman–Crippen LogP) is 0.838. The Hall–Kier alpha value is -2.11. The number of carboxylic acid groups (broad SMARTS) is 1. The first-order valence-electron chi connectivity index (χ1n) is 6.27. The van der Waals surface area contributed by atoms with Crippen LogP contribution in [0.5, 0.6) is 0 Å². The molecule has 2 heterocycles. The number of likely N-dealkylation sites (tertiary alicyclic amines) is 1. The van der Waals surface area contributed by atoms with Gasteiger partial charge in [-0.2, -0.15) is 0 Å².